The van der Waals surface area contributed by atoms with Crippen LogP contribution in [0.5, 0.6) is 0 Å². The molecule has 2 rings (SSSR count). The molecule has 0 radical (unpaired) electrons. The number of ether oxygens (including phenoxy) is 1. The van der Waals surface area contributed by atoms with Crippen LogP contribution in [0.1, 0.15) is 25.8 Å². The van der Waals surface area contributed by atoms with Crippen LogP contribution < -0.4 is 5.32 Å². The number of hydrogen-bond acceptors (Lipinski definition) is 3. The van der Waals surface area contributed by atoms with Gasteiger partial charge in [-0.2, -0.15) is 0 Å². The van der Waals surface area contributed by atoms with Crippen LogP contribution in [0.3, 0.4) is 0 Å². The van der Waals surface area contributed by atoms with Gasteiger partial charge < -0.3 is 15.0 Å². The number of halogens is 1. The van der Waals surface area contributed by atoms with Gasteiger partial charge in [0.2, 0.25) is 0 Å². The number of nitrogens with one attached hydrogen (secondary N) is 1. The molecule has 0 aliphatic carbocycles. The maximum atomic E-state index is 13.5. The predicted molar refractivity (Wildman–Crippen MR) is 104 cm³/mol. The van der Waals surface area contributed by atoms with Gasteiger partial charge in [-0.05, 0) is 42.3 Å². The maximum absolute atomic E-state index is 13.5. The first-order valence-electron chi connectivity index (χ1n) is 9.12. The summed E-state index contributed by atoms with van der Waals surface area (Å²) in [7, 11) is 0. The molecular weight excluding hydrogens is 337 g/mol. The predicted octanol–water partition coefficient (Wildman–Crippen LogP) is 2.88. The Kier molecular flexibility index (Phi) is 8.58. The molecule has 1 saturated heterocycles. The summed E-state index contributed by atoms with van der Waals surface area (Å²) in [6.45, 7) is 11.3. The molecule has 0 amide bonds. The molecule has 1 aromatic carbocycles. The van der Waals surface area contributed by atoms with Crippen LogP contribution in [0, 0.1) is 11.7 Å². The summed E-state index contributed by atoms with van der Waals surface area (Å²) in [4.78, 5) is 4.57. The van der Waals surface area contributed by atoms with E-state index >= 15 is 0 Å². The second kappa shape index (κ2) is 10.7. The average Bonchev–Trinajstić information content (AvgIpc) is 2.60. The molecule has 25 heavy (non-hydrogen) atoms. The van der Waals surface area contributed by atoms with E-state index in [1.54, 1.807) is 12.1 Å². The van der Waals surface area contributed by atoms with Gasteiger partial charge >= 0.3 is 0 Å². The summed E-state index contributed by atoms with van der Waals surface area (Å²) < 4.78 is 18.9. The average molecular weight is 368 g/mol. The van der Waals surface area contributed by atoms with E-state index in [2.05, 4.69) is 29.0 Å². The zero-order valence-electron chi connectivity index (χ0n) is 15.3. The van der Waals surface area contributed by atoms with E-state index in [9.17, 15) is 4.39 Å². The third-order valence-corrected chi connectivity index (χ3v) is 4.62. The maximum Gasteiger partial charge on any atom is 0.169 e. The van der Waals surface area contributed by atoms with E-state index in [-0.39, 0.29) is 5.82 Å². The largest absolute Gasteiger partial charge is 0.379 e. The van der Waals surface area contributed by atoms with Crippen LogP contribution in [0.4, 0.5) is 4.39 Å². The number of morpholine rings is 1. The fourth-order valence-electron chi connectivity index (χ4n) is 2.82. The lowest BCUT2D eigenvalue weighted by molar-refractivity contribution is 0.0367. The van der Waals surface area contributed by atoms with Crippen LogP contribution in [0.2, 0.25) is 0 Å². The lowest BCUT2D eigenvalue weighted by Crippen LogP contribution is -2.43. The second-order valence-electron chi connectivity index (χ2n) is 6.94. The standard InChI is InChI=1S/C19H30FN3OS/c1-16(2)14-21-19(25)23(15-17-5-3-6-18(20)13-17)8-4-7-22-9-11-24-12-10-22/h3,5-6,13,16H,4,7-12,14-15H2,1-2H3,(H,21,25). The van der Waals surface area contributed by atoms with Crippen molar-refractivity contribution in [2.24, 2.45) is 5.92 Å². The first kappa shape index (κ1) is 20.1. The van der Waals surface area contributed by atoms with E-state index < -0.39 is 0 Å². The normalized spacial score (nSPS) is 15.4. The Bertz CT molecular complexity index is 535. The van der Waals surface area contributed by atoms with Gasteiger partial charge in [0.15, 0.2) is 5.11 Å². The Balaban J connectivity index is 1.89. The van der Waals surface area contributed by atoms with Crippen molar-refractivity contribution in [2.45, 2.75) is 26.8 Å². The number of hydrogen-bond donors (Lipinski definition) is 1. The Hall–Kier alpha value is -1.24. The van der Waals surface area contributed by atoms with Gasteiger partial charge in [-0.1, -0.05) is 26.0 Å². The lowest BCUT2D eigenvalue weighted by Gasteiger charge is -2.30. The zero-order chi connectivity index (χ0) is 18.1. The summed E-state index contributed by atoms with van der Waals surface area (Å²) in [6.07, 6.45) is 1.03. The van der Waals surface area contributed by atoms with E-state index in [0.29, 0.717) is 12.5 Å². The molecule has 0 spiro atoms. The molecule has 1 heterocycles. The van der Waals surface area contributed by atoms with Crippen molar-refractivity contribution in [1.82, 2.24) is 15.1 Å². The number of rotatable bonds is 8. The summed E-state index contributed by atoms with van der Waals surface area (Å²) >= 11 is 5.58. The highest BCUT2D eigenvalue weighted by Gasteiger charge is 2.14. The molecule has 140 valence electrons. The van der Waals surface area contributed by atoms with Crippen LogP contribution in [0.25, 0.3) is 0 Å². The quantitative estimate of drug-likeness (QED) is 0.713. The molecular formula is C19H30FN3OS. The van der Waals surface area contributed by atoms with Gasteiger partial charge in [0.25, 0.3) is 0 Å². The highest BCUT2D eigenvalue weighted by molar-refractivity contribution is 7.80. The molecule has 0 atom stereocenters. The van der Waals surface area contributed by atoms with Crippen molar-refractivity contribution in [3.05, 3.63) is 35.6 Å². The molecule has 1 fully saturated rings. The Labute approximate surface area is 156 Å². The number of thiocarbonyl (C=S) groups is 1. The Morgan fingerprint density at radius 1 is 1.36 bits per heavy atom. The highest BCUT2D eigenvalue weighted by Crippen LogP contribution is 2.09. The molecule has 0 unspecified atom stereocenters. The third-order valence-electron chi connectivity index (χ3n) is 4.22. The first-order valence-corrected chi connectivity index (χ1v) is 9.52. The molecule has 0 saturated carbocycles. The number of benzene rings is 1. The topological polar surface area (TPSA) is 27.7 Å². The van der Waals surface area contributed by atoms with E-state index in [0.717, 1.165) is 63.0 Å². The van der Waals surface area contributed by atoms with Crippen LogP contribution in [-0.4, -0.2) is 60.8 Å². The molecule has 0 aromatic heterocycles. The fraction of sp³-hybridized carbons (Fsp3) is 0.632. The van der Waals surface area contributed by atoms with Crippen molar-refractivity contribution in [3.63, 3.8) is 0 Å². The molecule has 0 bridgehead atoms. The first-order chi connectivity index (χ1) is 12.0. The van der Waals surface area contributed by atoms with Crippen molar-refractivity contribution in [3.8, 4) is 0 Å². The van der Waals surface area contributed by atoms with Crippen molar-refractivity contribution in [1.29, 1.82) is 0 Å². The molecule has 1 aliphatic rings. The van der Waals surface area contributed by atoms with E-state index in [4.69, 9.17) is 17.0 Å². The summed E-state index contributed by atoms with van der Waals surface area (Å²) in [5.41, 5.74) is 0.945. The zero-order valence-corrected chi connectivity index (χ0v) is 16.2. The Morgan fingerprint density at radius 3 is 2.80 bits per heavy atom. The van der Waals surface area contributed by atoms with Crippen LogP contribution in [0.15, 0.2) is 24.3 Å². The van der Waals surface area contributed by atoms with Crippen LogP contribution >= 0.6 is 12.2 Å². The minimum atomic E-state index is -0.202. The SMILES string of the molecule is CC(C)CNC(=S)N(CCCN1CCOCC1)Cc1cccc(F)c1. The minimum Gasteiger partial charge on any atom is -0.379 e. The van der Waals surface area contributed by atoms with Crippen molar-refractivity contribution >= 4 is 17.3 Å². The van der Waals surface area contributed by atoms with Crippen molar-refractivity contribution < 1.29 is 9.13 Å². The summed E-state index contributed by atoms with van der Waals surface area (Å²) in [5, 5.41) is 4.09. The van der Waals surface area contributed by atoms with Gasteiger partial charge in [0.05, 0.1) is 13.2 Å². The monoisotopic (exact) mass is 367 g/mol. The summed E-state index contributed by atoms with van der Waals surface area (Å²) in [5.74, 6) is 0.328. The van der Waals surface area contributed by atoms with Crippen LogP contribution in [-0.2, 0) is 11.3 Å². The van der Waals surface area contributed by atoms with Gasteiger partial charge in [-0.3, -0.25) is 4.90 Å². The number of nitrogens with zero attached hydrogens (tertiary/aromatic N) is 2. The van der Waals surface area contributed by atoms with Gasteiger partial charge in [-0.25, -0.2) is 4.39 Å². The second-order valence-corrected chi connectivity index (χ2v) is 7.33. The molecule has 1 aromatic rings. The smallest absolute Gasteiger partial charge is 0.169 e. The molecule has 1 aliphatic heterocycles. The van der Waals surface area contributed by atoms with E-state index in [1.807, 2.05) is 6.07 Å². The van der Waals surface area contributed by atoms with Gasteiger partial charge in [0.1, 0.15) is 5.82 Å². The van der Waals surface area contributed by atoms with Gasteiger partial charge in [0, 0.05) is 39.3 Å². The lowest BCUT2D eigenvalue weighted by atomic mass is 10.2. The minimum absolute atomic E-state index is 0.202. The summed E-state index contributed by atoms with van der Waals surface area (Å²) in [6, 6.07) is 6.76. The highest BCUT2D eigenvalue weighted by atomic mass is 32.1. The Morgan fingerprint density at radius 2 is 2.12 bits per heavy atom. The molecule has 1 N–H and O–H groups in total. The van der Waals surface area contributed by atoms with Gasteiger partial charge in [-0.15, -0.1) is 0 Å². The molecule has 6 heteroatoms. The molecule has 4 nitrogen and oxygen atoms in total. The third kappa shape index (κ3) is 7.67. The van der Waals surface area contributed by atoms with E-state index in [1.165, 1.54) is 6.07 Å². The fourth-order valence-corrected chi connectivity index (χ4v) is 3.06. The van der Waals surface area contributed by atoms with Crippen molar-refractivity contribution in [2.75, 3.05) is 45.9 Å².